The fourth-order valence-corrected chi connectivity index (χ4v) is 1.80. The third kappa shape index (κ3) is 4.16. The van der Waals surface area contributed by atoms with E-state index >= 15 is 0 Å². The molecular formula is C12H22N4. The van der Waals surface area contributed by atoms with Crippen LogP contribution in [0.1, 0.15) is 12.5 Å². The van der Waals surface area contributed by atoms with E-state index in [9.17, 15) is 0 Å². The number of rotatable bonds is 6. The Morgan fingerprint density at radius 3 is 2.81 bits per heavy atom. The Balaban J connectivity index is 2.64. The Morgan fingerprint density at radius 2 is 2.25 bits per heavy atom. The SMILES string of the molecule is CCNC(Cc1cnccc1N)CN(C)C. The fourth-order valence-electron chi connectivity index (χ4n) is 1.80. The summed E-state index contributed by atoms with van der Waals surface area (Å²) in [5.41, 5.74) is 7.87. The molecule has 0 bridgehead atoms. The van der Waals surface area contributed by atoms with Gasteiger partial charge in [-0.15, -0.1) is 0 Å². The largest absolute Gasteiger partial charge is 0.398 e. The highest BCUT2D eigenvalue weighted by atomic mass is 15.1. The molecule has 0 saturated heterocycles. The second-order valence-electron chi connectivity index (χ2n) is 4.30. The molecule has 0 aliphatic carbocycles. The van der Waals surface area contributed by atoms with Gasteiger partial charge in [0.25, 0.3) is 0 Å². The minimum Gasteiger partial charge on any atom is -0.398 e. The lowest BCUT2D eigenvalue weighted by molar-refractivity contribution is 0.339. The van der Waals surface area contributed by atoms with Gasteiger partial charge in [0.1, 0.15) is 0 Å². The predicted molar refractivity (Wildman–Crippen MR) is 68.4 cm³/mol. The fraction of sp³-hybridized carbons (Fsp3) is 0.583. The van der Waals surface area contributed by atoms with Crippen molar-refractivity contribution in [3.05, 3.63) is 24.0 Å². The molecule has 1 heterocycles. The van der Waals surface area contributed by atoms with E-state index < -0.39 is 0 Å². The Hall–Kier alpha value is -1.13. The van der Waals surface area contributed by atoms with E-state index in [1.165, 1.54) is 0 Å². The van der Waals surface area contributed by atoms with E-state index in [0.717, 1.165) is 30.8 Å². The maximum Gasteiger partial charge on any atom is 0.0378 e. The Kier molecular flexibility index (Phi) is 5.22. The van der Waals surface area contributed by atoms with Crippen LogP contribution in [-0.4, -0.2) is 43.1 Å². The molecular weight excluding hydrogens is 200 g/mol. The van der Waals surface area contributed by atoms with Crippen LogP contribution in [0.2, 0.25) is 0 Å². The molecule has 4 nitrogen and oxygen atoms in total. The molecule has 0 aromatic carbocycles. The lowest BCUT2D eigenvalue weighted by Crippen LogP contribution is -2.39. The van der Waals surface area contributed by atoms with E-state index in [1.54, 1.807) is 6.20 Å². The minimum absolute atomic E-state index is 0.423. The zero-order valence-electron chi connectivity index (χ0n) is 10.4. The van der Waals surface area contributed by atoms with Crippen molar-refractivity contribution in [1.29, 1.82) is 0 Å². The van der Waals surface area contributed by atoms with E-state index in [4.69, 9.17) is 5.73 Å². The molecule has 0 amide bonds. The normalized spacial score (nSPS) is 13.0. The molecule has 1 unspecified atom stereocenters. The zero-order chi connectivity index (χ0) is 12.0. The van der Waals surface area contributed by atoms with Gasteiger partial charge in [0.05, 0.1) is 0 Å². The van der Waals surface area contributed by atoms with Crippen molar-refractivity contribution in [2.24, 2.45) is 0 Å². The van der Waals surface area contributed by atoms with Crippen molar-refractivity contribution in [3.8, 4) is 0 Å². The van der Waals surface area contributed by atoms with Crippen molar-refractivity contribution in [2.45, 2.75) is 19.4 Å². The Morgan fingerprint density at radius 1 is 1.50 bits per heavy atom. The topological polar surface area (TPSA) is 54.2 Å². The van der Waals surface area contributed by atoms with Gasteiger partial charge < -0.3 is 16.0 Å². The Labute approximate surface area is 97.9 Å². The summed E-state index contributed by atoms with van der Waals surface area (Å²) < 4.78 is 0. The predicted octanol–water partition coefficient (Wildman–Crippen LogP) is 0.746. The third-order valence-electron chi connectivity index (χ3n) is 2.49. The van der Waals surface area contributed by atoms with Gasteiger partial charge in [-0.1, -0.05) is 6.92 Å². The summed E-state index contributed by atoms with van der Waals surface area (Å²) in [6, 6.07) is 2.28. The molecule has 4 heteroatoms. The van der Waals surface area contributed by atoms with Gasteiger partial charge in [-0.2, -0.15) is 0 Å². The molecule has 90 valence electrons. The molecule has 0 radical (unpaired) electrons. The second-order valence-corrected chi connectivity index (χ2v) is 4.30. The molecule has 1 rings (SSSR count). The van der Waals surface area contributed by atoms with Crippen LogP contribution in [-0.2, 0) is 6.42 Å². The first-order valence-corrected chi connectivity index (χ1v) is 5.70. The average molecular weight is 222 g/mol. The van der Waals surface area contributed by atoms with Crippen LogP contribution < -0.4 is 11.1 Å². The molecule has 0 spiro atoms. The van der Waals surface area contributed by atoms with Crippen LogP contribution >= 0.6 is 0 Å². The summed E-state index contributed by atoms with van der Waals surface area (Å²) >= 11 is 0. The van der Waals surface area contributed by atoms with Crippen LogP contribution in [0, 0.1) is 0 Å². The highest BCUT2D eigenvalue weighted by Gasteiger charge is 2.11. The van der Waals surface area contributed by atoms with Crippen molar-refractivity contribution in [1.82, 2.24) is 15.2 Å². The van der Waals surface area contributed by atoms with Crippen molar-refractivity contribution < 1.29 is 0 Å². The van der Waals surface area contributed by atoms with E-state index in [-0.39, 0.29) is 0 Å². The summed E-state index contributed by atoms with van der Waals surface area (Å²) in [7, 11) is 4.16. The van der Waals surface area contributed by atoms with Crippen molar-refractivity contribution in [3.63, 3.8) is 0 Å². The number of nitrogens with one attached hydrogen (secondary N) is 1. The Bertz CT molecular complexity index is 312. The van der Waals surface area contributed by atoms with E-state index in [1.807, 2.05) is 12.3 Å². The molecule has 1 aromatic heterocycles. The standard InChI is InChI=1S/C12H22N4/c1-4-15-11(9-16(2)3)7-10-8-14-6-5-12(10)13/h5-6,8,11,15H,4,7,9H2,1-3H3,(H2,13,14). The molecule has 3 N–H and O–H groups in total. The lowest BCUT2D eigenvalue weighted by atomic mass is 10.1. The monoisotopic (exact) mass is 222 g/mol. The number of anilines is 1. The number of aromatic nitrogens is 1. The number of nitrogens with two attached hydrogens (primary N) is 1. The first-order valence-electron chi connectivity index (χ1n) is 5.70. The molecule has 0 fully saturated rings. The van der Waals surface area contributed by atoms with Gasteiger partial charge in [0.15, 0.2) is 0 Å². The lowest BCUT2D eigenvalue weighted by Gasteiger charge is -2.22. The summed E-state index contributed by atoms with van der Waals surface area (Å²) in [5, 5.41) is 3.46. The number of nitrogen functional groups attached to an aromatic ring is 1. The minimum atomic E-state index is 0.423. The zero-order valence-corrected chi connectivity index (χ0v) is 10.4. The van der Waals surface area contributed by atoms with Gasteiger partial charge in [0, 0.05) is 30.7 Å². The summed E-state index contributed by atoms with van der Waals surface area (Å²) in [5.74, 6) is 0. The van der Waals surface area contributed by atoms with Crippen molar-refractivity contribution in [2.75, 3.05) is 32.9 Å². The van der Waals surface area contributed by atoms with E-state index in [0.29, 0.717) is 6.04 Å². The first-order chi connectivity index (χ1) is 7.63. The highest BCUT2D eigenvalue weighted by molar-refractivity contribution is 5.44. The number of hydrogen-bond acceptors (Lipinski definition) is 4. The molecule has 16 heavy (non-hydrogen) atoms. The first kappa shape index (κ1) is 12.9. The van der Waals surface area contributed by atoms with Crippen LogP contribution in [0.5, 0.6) is 0 Å². The van der Waals surface area contributed by atoms with E-state index in [2.05, 4.69) is 36.2 Å². The third-order valence-corrected chi connectivity index (χ3v) is 2.49. The molecule has 1 atom stereocenters. The second kappa shape index (κ2) is 6.45. The molecule has 0 saturated carbocycles. The quantitative estimate of drug-likeness (QED) is 0.745. The van der Waals surface area contributed by atoms with Crippen LogP contribution in [0.3, 0.4) is 0 Å². The van der Waals surface area contributed by atoms with Crippen LogP contribution in [0.15, 0.2) is 18.5 Å². The number of hydrogen-bond donors (Lipinski definition) is 2. The van der Waals surface area contributed by atoms with Gasteiger partial charge in [0.2, 0.25) is 0 Å². The van der Waals surface area contributed by atoms with Gasteiger partial charge in [-0.3, -0.25) is 4.98 Å². The maximum absolute atomic E-state index is 5.91. The number of pyridine rings is 1. The number of nitrogens with zero attached hydrogens (tertiary/aromatic N) is 2. The van der Waals surface area contributed by atoms with Crippen LogP contribution in [0.25, 0.3) is 0 Å². The number of likely N-dealkylation sites (N-methyl/N-ethyl adjacent to an activating group) is 2. The van der Waals surface area contributed by atoms with Crippen molar-refractivity contribution >= 4 is 5.69 Å². The van der Waals surface area contributed by atoms with Gasteiger partial charge in [-0.25, -0.2) is 0 Å². The highest BCUT2D eigenvalue weighted by Crippen LogP contribution is 2.11. The summed E-state index contributed by atoms with van der Waals surface area (Å²) in [6.07, 6.45) is 4.51. The van der Waals surface area contributed by atoms with Gasteiger partial charge >= 0.3 is 0 Å². The molecule has 1 aromatic rings. The van der Waals surface area contributed by atoms with Crippen LogP contribution in [0.4, 0.5) is 5.69 Å². The summed E-state index contributed by atoms with van der Waals surface area (Å²) in [6.45, 7) is 4.09. The molecule has 0 aliphatic heterocycles. The molecule has 0 aliphatic rings. The maximum atomic E-state index is 5.91. The average Bonchev–Trinajstić information content (AvgIpc) is 2.21. The smallest absolute Gasteiger partial charge is 0.0378 e. The van der Waals surface area contributed by atoms with Gasteiger partial charge in [-0.05, 0) is 38.7 Å². The summed E-state index contributed by atoms with van der Waals surface area (Å²) in [4.78, 5) is 6.30.